The molecule has 1 atom stereocenters. The van der Waals surface area contributed by atoms with Gasteiger partial charge in [0.15, 0.2) is 0 Å². The molecule has 0 aliphatic heterocycles. The molecule has 0 aliphatic carbocycles. The Morgan fingerprint density at radius 2 is 2.10 bits per heavy atom. The van der Waals surface area contributed by atoms with Crippen LogP contribution in [0.15, 0.2) is 24.3 Å². The van der Waals surface area contributed by atoms with Crippen LogP contribution in [0.2, 0.25) is 0 Å². The van der Waals surface area contributed by atoms with E-state index in [0.717, 1.165) is 12.0 Å². The Morgan fingerprint density at radius 3 is 2.70 bits per heavy atom. The molecule has 0 heterocycles. The number of carboxylic acids is 1. The van der Waals surface area contributed by atoms with Crippen molar-refractivity contribution in [2.75, 3.05) is 13.6 Å². The maximum absolute atomic E-state index is 11.9. The zero-order valence-corrected chi connectivity index (χ0v) is 12.2. The maximum Gasteiger partial charge on any atom is 0.335 e. The predicted molar refractivity (Wildman–Crippen MR) is 77.7 cm³/mol. The summed E-state index contributed by atoms with van der Waals surface area (Å²) in [6.07, 6.45) is 1.03. The van der Waals surface area contributed by atoms with Crippen LogP contribution in [-0.2, 0) is 6.54 Å². The number of carboxylic acid groups (broad SMARTS) is 1. The average molecular weight is 278 g/mol. The SMILES string of the molecule is CCC(C)CN(C)C(=O)NCc1cccc(C(=O)O)c1. The summed E-state index contributed by atoms with van der Waals surface area (Å²) in [5.41, 5.74) is 1.000. The third kappa shape index (κ3) is 4.91. The quantitative estimate of drug-likeness (QED) is 0.840. The van der Waals surface area contributed by atoms with E-state index in [1.54, 1.807) is 30.1 Å². The lowest BCUT2D eigenvalue weighted by Gasteiger charge is -2.21. The van der Waals surface area contributed by atoms with E-state index in [1.807, 2.05) is 0 Å². The first kappa shape index (κ1) is 16.0. The second-order valence-electron chi connectivity index (χ2n) is 5.06. The van der Waals surface area contributed by atoms with E-state index in [9.17, 15) is 9.59 Å². The monoisotopic (exact) mass is 278 g/mol. The second kappa shape index (κ2) is 7.53. The van der Waals surface area contributed by atoms with Crippen molar-refractivity contribution in [3.05, 3.63) is 35.4 Å². The lowest BCUT2D eigenvalue weighted by molar-refractivity contribution is 0.0696. The molecular weight excluding hydrogens is 256 g/mol. The van der Waals surface area contributed by atoms with Crippen molar-refractivity contribution in [3.63, 3.8) is 0 Å². The van der Waals surface area contributed by atoms with Gasteiger partial charge in [-0.05, 0) is 23.6 Å². The molecule has 0 saturated carbocycles. The third-order valence-corrected chi connectivity index (χ3v) is 3.25. The number of carbonyl (C=O) groups excluding carboxylic acids is 1. The lowest BCUT2D eigenvalue weighted by Crippen LogP contribution is -2.39. The van der Waals surface area contributed by atoms with E-state index in [0.29, 0.717) is 19.0 Å². The molecule has 1 aromatic rings. The molecule has 0 bridgehead atoms. The number of nitrogens with one attached hydrogen (secondary N) is 1. The normalized spacial score (nSPS) is 11.8. The molecule has 0 saturated heterocycles. The van der Waals surface area contributed by atoms with Crippen LogP contribution in [0.5, 0.6) is 0 Å². The molecule has 0 aromatic heterocycles. The van der Waals surface area contributed by atoms with Crippen molar-refractivity contribution < 1.29 is 14.7 Å². The van der Waals surface area contributed by atoms with E-state index < -0.39 is 5.97 Å². The summed E-state index contributed by atoms with van der Waals surface area (Å²) < 4.78 is 0. The second-order valence-corrected chi connectivity index (χ2v) is 5.06. The van der Waals surface area contributed by atoms with Crippen LogP contribution in [0.4, 0.5) is 4.79 Å². The summed E-state index contributed by atoms with van der Waals surface area (Å²) in [5.74, 6) is -0.506. The van der Waals surface area contributed by atoms with Crippen LogP contribution in [0, 0.1) is 5.92 Å². The van der Waals surface area contributed by atoms with Crippen LogP contribution >= 0.6 is 0 Å². The van der Waals surface area contributed by atoms with Gasteiger partial charge in [-0.15, -0.1) is 0 Å². The fourth-order valence-corrected chi connectivity index (χ4v) is 1.81. The summed E-state index contributed by atoms with van der Waals surface area (Å²) in [6.45, 7) is 5.22. The van der Waals surface area contributed by atoms with Crippen molar-refractivity contribution in [1.29, 1.82) is 0 Å². The van der Waals surface area contributed by atoms with Crippen LogP contribution in [0.25, 0.3) is 0 Å². The molecule has 20 heavy (non-hydrogen) atoms. The van der Waals surface area contributed by atoms with Crippen LogP contribution < -0.4 is 5.32 Å². The zero-order valence-electron chi connectivity index (χ0n) is 12.2. The largest absolute Gasteiger partial charge is 0.478 e. The first-order chi connectivity index (χ1) is 9.43. The summed E-state index contributed by atoms with van der Waals surface area (Å²) in [4.78, 5) is 24.4. The topological polar surface area (TPSA) is 69.6 Å². The van der Waals surface area contributed by atoms with Crippen molar-refractivity contribution in [1.82, 2.24) is 10.2 Å². The highest BCUT2D eigenvalue weighted by atomic mass is 16.4. The molecule has 0 fully saturated rings. The molecule has 2 N–H and O–H groups in total. The molecule has 1 unspecified atom stereocenters. The summed E-state index contributed by atoms with van der Waals surface area (Å²) in [5, 5.41) is 11.7. The Morgan fingerprint density at radius 1 is 1.40 bits per heavy atom. The van der Waals surface area contributed by atoms with Crippen molar-refractivity contribution >= 4 is 12.0 Å². The first-order valence-electron chi connectivity index (χ1n) is 6.75. The van der Waals surface area contributed by atoms with Crippen molar-refractivity contribution in [2.45, 2.75) is 26.8 Å². The summed E-state index contributed by atoms with van der Waals surface area (Å²) in [7, 11) is 1.76. The molecule has 5 nitrogen and oxygen atoms in total. The van der Waals surface area contributed by atoms with Crippen molar-refractivity contribution in [2.24, 2.45) is 5.92 Å². The van der Waals surface area contributed by atoms with Gasteiger partial charge < -0.3 is 15.3 Å². The maximum atomic E-state index is 11.9. The number of amides is 2. The number of aromatic carboxylic acids is 1. The minimum Gasteiger partial charge on any atom is -0.478 e. The molecular formula is C15H22N2O3. The Kier molecular flexibility index (Phi) is 6.03. The fourth-order valence-electron chi connectivity index (χ4n) is 1.81. The van der Waals surface area contributed by atoms with Crippen LogP contribution in [-0.4, -0.2) is 35.6 Å². The standard InChI is InChI=1S/C15H22N2O3/c1-4-11(2)10-17(3)15(20)16-9-12-6-5-7-13(8-12)14(18)19/h5-8,11H,4,9-10H2,1-3H3,(H,16,20)(H,18,19). The van der Waals surface area contributed by atoms with Gasteiger partial charge in [0.05, 0.1) is 5.56 Å². The third-order valence-electron chi connectivity index (χ3n) is 3.25. The highest BCUT2D eigenvalue weighted by Crippen LogP contribution is 2.06. The number of nitrogens with zero attached hydrogens (tertiary/aromatic N) is 1. The van der Waals surface area contributed by atoms with Gasteiger partial charge in [-0.3, -0.25) is 0 Å². The number of rotatable bonds is 6. The van der Waals surface area contributed by atoms with Gasteiger partial charge in [0.1, 0.15) is 0 Å². The number of benzene rings is 1. The van der Waals surface area contributed by atoms with Gasteiger partial charge in [-0.2, -0.15) is 0 Å². The molecule has 2 amide bonds. The summed E-state index contributed by atoms with van der Waals surface area (Å²) >= 11 is 0. The molecule has 1 rings (SSSR count). The molecule has 1 aromatic carbocycles. The molecule has 110 valence electrons. The Hall–Kier alpha value is -2.04. The number of hydrogen-bond acceptors (Lipinski definition) is 2. The summed E-state index contributed by atoms with van der Waals surface area (Å²) in [6, 6.07) is 6.42. The average Bonchev–Trinajstić information content (AvgIpc) is 2.44. The van der Waals surface area contributed by atoms with E-state index in [4.69, 9.17) is 5.11 Å². The van der Waals surface area contributed by atoms with Gasteiger partial charge in [-0.25, -0.2) is 9.59 Å². The number of urea groups is 1. The van der Waals surface area contributed by atoms with Gasteiger partial charge in [0, 0.05) is 20.1 Å². The predicted octanol–water partition coefficient (Wildman–Crippen LogP) is 2.57. The minimum absolute atomic E-state index is 0.147. The van der Waals surface area contributed by atoms with Crippen molar-refractivity contribution in [3.8, 4) is 0 Å². The molecule has 0 aliphatic rings. The van der Waals surface area contributed by atoms with Gasteiger partial charge in [0.2, 0.25) is 0 Å². The van der Waals surface area contributed by atoms with Gasteiger partial charge >= 0.3 is 12.0 Å². The van der Waals surface area contributed by atoms with E-state index >= 15 is 0 Å². The van der Waals surface area contributed by atoms with E-state index in [2.05, 4.69) is 19.2 Å². The molecule has 5 heteroatoms. The molecule has 0 spiro atoms. The lowest BCUT2D eigenvalue weighted by atomic mass is 10.1. The zero-order chi connectivity index (χ0) is 15.1. The molecule has 0 radical (unpaired) electrons. The van der Waals surface area contributed by atoms with E-state index in [1.165, 1.54) is 6.07 Å². The Bertz CT molecular complexity index is 474. The van der Waals surface area contributed by atoms with Crippen LogP contribution in [0.1, 0.15) is 36.2 Å². The smallest absolute Gasteiger partial charge is 0.335 e. The van der Waals surface area contributed by atoms with Gasteiger partial charge in [0.25, 0.3) is 0 Å². The van der Waals surface area contributed by atoms with Gasteiger partial charge in [-0.1, -0.05) is 32.4 Å². The Labute approximate surface area is 119 Å². The minimum atomic E-state index is -0.966. The highest BCUT2D eigenvalue weighted by molar-refractivity contribution is 5.87. The van der Waals surface area contributed by atoms with Crippen LogP contribution in [0.3, 0.4) is 0 Å². The Balaban J connectivity index is 2.52. The highest BCUT2D eigenvalue weighted by Gasteiger charge is 2.11. The fraction of sp³-hybridized carbons (Fsp3) is 0.467. The number of hydrogen-bond donors (Lipinski definition) is 2. The van der Waals surface area contributed by atoms with E-state index in [-0.39, 0.29) is 11.6 Å². The number of carbonyl (C=O) groups is 2. The first-order valence-corrected chi connectivity index (χ1v) is 6.75.